The minimum atomic E-state index is -0.552. The van der Waals surface area contributed by atoms with E-state index in [0.717, 1.165) is 19.5 Å². The summed E-state index contributed by atoms with van der Waals surface area (Å²) in [5, 5.41) is 10.1. The molecule has 1 N–H and O–H groups in total. The van der Waals surface area contributed by atoms with Crippen LogP contribution in [0.3, 0.4) is 0 Å². The van der Waals surface area contributed by atoms with Gasteiger partial charge in [0.25, 0.3) is 0 Å². The molecule has 1 saturated heterocycles. The van der Waals surface area contributed by atoms with Gasteiger partial charge >= 0.3 is 0 Å². The number of rotatable bonds is 6. The molecule has 1 aliphatic rings. The number of hydrogen-bond acceptors (Lipinski definition) is 3. The number of aliphatic hydroxyl groups is 1. The van der Waals surface area contributed by atoms with Crippen molar-refractivity contribution in [3.05, 3.63) is 0 Å². The minimum Gasteiger partial charge on any atom is -0.389 e. The van der Waals surface area contributed by atoms with Gasteiger partial charge in [0.05, 0.1) is 12.7 Å². The van der Waals surface area contributed by atoms with E-state index in [2.05, 4.69) is 24.7 Å². The minimum absolute atomic E-state index is 0.313. The average Bonchev–Trinajstić information content (AvgIpc) is 2.35. The zero-order valence-corrected chi connectivity index (χ0v) is 12.9. The van der Waals surface area contributed by atoms with Gasteiger partial charge in [0, 0.05) is 19.6 Å². The number of ether oxygens (including phenoxy) is 1. The molecule has 0 aromatic carbocycles. The van der Waals surface area contributed by atoms with Crippen molar-refractivity contribution >= 4 is 0 Å². The maximum Gasteiger partial charge on any atom is 0.125 e. The molecule has 0 aromatic rings. The molecule has 0 saturated carbocycles. The van der Waals surface area contributed by atoms with Gasteiger partial charge in [-0.1, -0.05) is 26.7 Å². The second kappa shape index (κ2) is 7.28. The van der Waals surface area contributed by atoms with Crippen LogP contribution in [0.2, 0.25) is 0 Å². The zero-order chi connectivity index (χ0) is 14.5. The van der Waals surface area contributed by atoms with E-state index in [4.69, 9.17) is 11.2 Å². The number of β-amino-alcohol motifs (C(OH)–C–C–N with tert-alkyl or cyclic N) is 1. The Morgan fingerprint density at radius 3 is 2.47 bits per heavy atom. The van der Waals surface area contributed by atoms with Gasteiger partial charge in [-0.3, -0.25) is 0 Å². The maximum absolute atomic E-state index is 10.1. The van der Waals surface area contributed by atoms with Gasteiger partial charge in [-0.05, 0) is 31.6 Å². The first-order chi connectivity index (χ1) is 8.88. The number of piperidine rings is 1. The quantitative estimate of drug-likeness (QED) is 0.749. The fourth-order valence-corrected chi connectivity index (χ4v) is 2.82. The first-order valence-corrected chi connectivity index (χ1v) is 7.40. The molecule has 1 heterocycles. The molecule has 19 heavy (non-hydrogen) atoms. The van der Waals surface area contributed by atoms with E-state index < -0.39 is 11.7 Å². The Hall–Kier alpha value is -0.560. The van der Waals surface area contributed by atoms with E-state index in [1.807, 2.05) is 13.8 Å². The zero-order valence-electron chi connectivity index (χ0n) is 12.9. The summed E-state index contributed by atoms with van der Waals surface area (Å²) in [6.45, 7) is 11.6. The first-order valence-electron chi connectivity index (χ1n) is 7.40. The normalized spacial score (nSPS) is 29.5. The fraction of sp³-hybridized carbons (Fsp3) is 0.875. The SMILES string of the molecule is C#C[C@@](C)(CC)OC[C@H](O)CN1C[C@H](C)C[C@H](C)C1. The number of likely N-dealkylation sites (tertiary alicyclic amines) is 1. The topological polar surface area (TPSA) is 32.7 Å². The van der Waals surface area contributed by atoms with E-state index in [9.17, 15) is 5.11 Å². The lowest BCUT2D eigenvalue weighted by atomic mass is 9.92. The molecular formula is C16H29NO2. The van der Waals surface area contributed by atoms with Crippen molar-refractivity contribution in [2.45, 2.75) is 52.2 Å². The van der Waals surface area contributed by atoms with Crippen LogP contribution >= 0.6 is 0 Å². The van der Waals surface area contributed by atoms with Gasteiger partial charge in [0.1, 0.15) is 5.60 Å². The Kier molecular flexibility index (Phi) is 6.32. The van der Waals surface area contributed by atoms with Crippen molar-refractivity contribution in [1.82, 2.24) is 4.90 Å². The lowest BCUT2D eigenvalue weighted by Gasteiger charge is -2.36. The highest BCUT2D eigenvalue weighted by atomic mass is 16.5. The Labute approximate surface area is 118 Å². The van der Waals surface area contributed by atoms with Crippen LogP contribution in [0.1, 0.15) is 40.5 Å². The lowest BCUT2D eigenvalue weighted by Crippen LogP contribution is -2.44. The third-order valence-corrected chi connectivity index (χ3v) is 3.99. The van der Waals surface area contributed by atoms with Gasteiger partial charge in [-0.2, -0.15) is 0 Å². The van der Waals surface area contributed by atoms with Crippen molar-refractivity contribution in [2.24, 2.45) is 11.8 Å². The molecule has 0 aromatic heterocycles. The van der Waals surface area contributed by atoms with Crippen LogP contribution < -0.4 is 0 Å². The molecule has 0 spiro atoms. The highest BCUT2D eigenvalue weighted by Crippen LogP contribution is 2.21. The van der Waals surface area contributed by atoms with Gasteiger partial charge in [-0.25, -0.2) is 0 Å². The maximum atomic E-state index is 10.1. The summed E-state index contributed by atoms with van der Waals surface area (Å²) < 4.78 is 5.67. The lowest BCUT2D eigenvalue weighted by molar-refractivity contribution is -0.0511. The van der Waals surface area contributed by atoms with Gasteiger partial charge in [0.2, 0.25) is 0 Å². The monoisotopic (exact) mass is 267 g/mol. The molecule has 3 heteroatoms. The van der Waals surface area contributed by atoms with Crippen LogP contribution in [-0.2, 0) is 4.74 Å². The van der Waals surface area contributed by atoms with Crippen LogP contribution in [-0.4, -0.2) is 48.0 Å². The molecular weight excluding hydrogens is 238 g/mol. The molecule has 0 unspecified atom stereocenters. The molecule has 110 valence electrons. The number of terminal acetylenes is 1. The second-order valence-corrected chi connectivity index (χ2v) is 6.36. The van der Waals surface area contributed by atoms with Crippen LogP contribution in [0.25, 0.3) is 0 Å². The van der Waals surface area contributed by atoms with Crippen LogP contribution in [0.15, 0.2) is 0 Å². The van der Waals surface area contributed by atoms with Crippen molar-refractivity contribution in [3.63, 3.8) is 0 Å². The highest BCUT2D eigenvalue weighted by molar-refractivity contribution is 5.05. The predicted molar refractivity (Wildman–Crippen MR) is 78.9 cm³/mol. The summed E-state index contributed by atoms with van der Waals surface area (Å²) in [6, 6.07) is 0. The van der Waals surface area contributed by atoms with Gasteiger partial charge < -0.3 is 14.7 Å². The van der Waals surface area contributed by atoms with E-state index in [-0.39, 0.29) is 0 Å². The van der Waals surface area contributed by atoms with E-state index >= 15 is 0 Å². The van der Waals surface area contributed by atoms with Crippen LogP contribution in [0, 0.1) is 24.2 Å². The third-order valence-electron chi connectivity index (χ3n) is 3.99. The van der Waals surface area contributed by atoms with Crippen molar-refractivity contribution in [3.8, 4) is 12.3 Å². The molecule has 0 bridgehead atoms. The first kappa shape index (κ1) is 16.5. The summed E-state index contributed by atoms with van der Waals surface area (Å²) >= 11 is 0. The Bertz CT molecular complexity index is 302. The number of aliphatic hydroxyl groups excluding tert-OH is 1. The van der Waals surface area contributed by atoms with Gasteiger partial charge in [0.15, 0.2) is 0 Å². The third kappa shape index (κ3) is 5.52. The standard InChI is InChI=1S/C16H29NO2/c1-6-16(5,7-2)19-12-15(18)11-17-9-13(3)8-14(4)10-17/h1,13-15,18H,7-12H2,2-5H3/t13-,14+,15-,16+/m1/s1. The molecule has 1 fully saturated rings. The van der Waals surface area contributed by atoms with Gasteiger partial charge in [-0.15, -0.1) is 6.42 Å². The van der Waals surface area contributed by atoms with E-state index in [1.54, 1.807) is 0 Å². The van der Waals surface area contributed by atoms with Crippen molar-refractivity contribution in [1.29, 1.82) is 0 Å². The fourth-order valence-electron chi connectivity index (χ4n) is 2.82. The van der Waals surface area contributed by atoms with Crippen molar-refractivity contribution < 1.29 is 9.84 Å². The molecule has 0 radical (unpaired) electrons. The summed E-state index contributed by atoms with van der Waals surface area (Å²) in [7, 11) is 0. The summed E-state index contributed by atoms with van der Waals surface area (Å²) in [6.07, 6.45) is 7.04. The summed E-state index contributed by atoms with van der Waals surface area (Å²) in [5.41, 5.74) is -0.552. The molecule has 0 amide bonds. The van der Waals surface area contributed by atoms with Crippen molar-refractivity contribution in [2.75, 3.05) is 26.2 Å². The summed E-state index contributed by atoms with van der Waals surface area (Å²) in [5.74, 6) is 4.08. The second-order valence-electron chi connectivity index (χ2n) is 6.36. The number of hydrogen-bond donors (Lipinski definition) is 1. The smallest absolute Gasteiger partial charge is 0.125 e. The molecule has 3 nitrogen and oxygen atoms in total. The Morgan fingerprint density at radius 2 is 2.00 bits per heavy atom. The Morgan fingerprint density at radius 1 is 1.42 bits per heavy atom. The van der Waals surface area contributed by atoms with E-state index in [0.29, 0.717) is 25.0 Å². The number of nitrogens with zero attached hydrogens (tertiary/aromatic N) is 1. The van der Waals surface area contributed by atoms with Crippen LogP contribution in [0.4, 0.5) is 0 Å². The molecule has 0 aliphatic carbocycles. The predicted octanol–water partition coefficient (Wildman–Crippen LogP) is 2.14. The largest absolute Gasteiger partial charge is 0.389 e. The summed E-state index contributed by atoms with van der Waals surface area (Å²) in [4.78, 5) is 2.34. The Balaban J connectivity index is 2.35. The molecule has 1 rings (SSSR count). The van der Waals surface area contributed by atoms with E-state index in [1.165, 1.54) is 6.42 Å². The highest BCUT2D eigenvalue weighted by Gasteiger charge is 2.25. The molecule has 4 atom stereocenters. The average molecular weight is 267 g/mol. The van der Waals surface area contributed by atoms with Crippen LogP contribution in [0.5, 0.6) is 0 Å². The molecule has 1 aliphatic heterocycles.